The molecule has 0 saturated carbocycles. The summed E-state index contributed by atoms with van der Waals surface area (Å²) in [5.74, 6) is 0. The van der Waals surface area contributed by atoms with E-state index in [0.29, 0.717) is 10.8 Å². The Labute approximate surface area is 166 Å². The number of aryl methyl sites for hydroxylation is 2. The first-order valence-electron chi connectivity index (χ1n) is 8.73. The maximum atomic E-state index is 2.31. The largest absolute Gasteiger partial charge is 0.207 e. The molecule has 2 rings (SSSR count). The molecule has 0 amide bonds. The molecule has 0 atom stereocenters. The van der Waals surface area contributed by atoms with E-state index < -0.39 is 0 Å². The summed E-state index contributed by atoms with van der Waals surface area (Å²) in [4.78, 5) is 0. The van der Waals surface area contributed by atoms with Crippen molar-refractivity contribution < 1.29 is 23.3 Å². The molecule has 0 unspecified atom stereocenters. The monoisotopic (exact) mass is 418 g/mol. The Kier molecular flexibility index (Phi) is 9.99. The fourth-order valence-corrected chi connectivity index (χ4v) is 2.06. The molecule has 0 aliphatic heterocycles. The van der Waals surface area contributed by atoms with E-state index in [1.807, 2.05) is 0 Å². The van der Waals surface area contributed by atoms with Gasteiger partial charge in [0.05, 0.1) is 0 Å². The first-order chi connectivity index (χ1) is 10.7. The molecule has 0 aromatic heterocycles. The van der Waals surface area contributed by atoms with Gasteiger partial charge in [0.15, 0.2) is 0 Å². The van der Waals surface area contributed by atoms with E-state index in [2.05, 4.69) is 105 Å². The zero-order valence-electron chi connectivity index (χ0n) is 17.5. The first-order valence-corrected chi connectivity index (χ1v) is 14.9. The molecular weight excluding hydrogens is 384 g/mol. The van der Waals surface area contributed by atoms with Gasteiger partial charge in [-0.05, 0) is 0 Å². The topological polar surface area (TPSA) is 0 Å². The molecule has 2 heteroatoms. The minimum atomic E-state index is 0.210. The minimum Gasteiger partial charge on any atom is -0.207 e. The molecule has 0 bridgehead atoms. The van der Waals surface area contributed by atoms with E-state index in [-0.39, 0.29) is 5.43 Å². The molecule has 2 aromatic rings. The summed E-state index contributed by atoms with van der Waals surface area (Å²) in [6, 6.07) is 13.2. The van der Waals surface area contributed by atoms with E-state index >= 15 is 0 Å². The summed E-state index contributed by atoms with van der Waals surface area (Å²) in [6.45, 7) is 22.3. The van der Waals surface area contributed by atoms with Crippen LogP contribution in [0.3, 0.4) is 0 Å². The second kappa shape index (κ2) is 10.1. The molecule has 0 radical (unpaired) electrons. The van der Waals surface area contributed by atoms with Crippen LogP contribution >= 0.6 is 0 Å². The van der Waals surface area contributed by atoms with Crippen molar-refractivity contribution in [3.8, 4) is 0 Å². The Morgan fingerprint density at radius 3 is 1.08 bits per heavy atom. The molecule has 0 aliphatic rings. The maximum absolute atomic E-state index is 2.31. The smallest absolute Gasteiger partial charge is 0.0635 e. The van der Waals surface area contributed by atoms with Gasteiger partial charge in [-0.25, -0.2) is 12.1 Å². The summed E-state index contributed by atoms with van der Waals surface area (Å²) in [6.07, 6.45) is 0. The van der Waals surface area contributed by atoms with E-state index in [1.54, 1.807) is 23.3 Å². The predicted octanol–water partition coefficient (Wildman–Crippen LogP) is 6.81. The third kappa shape index (κ3) is 10.6. The van der Waals surface area contributed by atoms with Crippen molar-refractivity contribution in [3.05, 3.63) is 58.7 Å². The summed E-state index contributed by atoms with van der Waals surface area (Å²) in [7, 11) is 0. The van der Waals surface area contributed by atoms with Crippen molar-refractivity contribution in [2.24, 2.45) is 0 Å². The number of rotatable bonds is 0. The first kappa shape index (κ1) is 23.8. The van der Waals surface area contributed by atoms with Gasteiger partial charge in [0, 0.05) is 0 Å². The van der Waals surface area contributed by atoms with Crippen LogP contribution in [0.25, 0.3) is 0 Å². The maximum Gasteiger partial charge on any atom is -0.0635 e. The summed E-state index contributed by atoms with van der Waals surface area (Å²) >= 11 is 1.74. The standard InChI is InChI=1S/2C10H15.C2H6Si.Zr/c2*1-8-5-6-9(7-8)10(2,3)4;1-3-2;/h2*5-7H,1-4H3;1-2H3;/q2*-1;;+2. The Hall–Kier alpha value is -0.200. The molecule has 0 N–H and O–H groups in total. The summed E-state index contributed by atoms with van der Waals surface area (Å²) in [5, 5.41) is 0. The van der Waals surface area contributed by atoms with Gasteiger partial charge in [0.25, 0.3) is 0 Å². The van der Waals surface area contributed by atoms with Crippen LogP contribution in [0, 0.1) is 13.8 Å². The Bertz CT molecular complexity index is 561. The number of hydrogen-bond acceptors (Lipinski definition) is 0. The number of hydrogen-bond donors (Lipinski definition) is 0. The molecule has 24 heavy (non-hydrogen) atoms. The third-order valence-electron chi connectivity index (χ3n) is 3.55. The zero-order chi connectivity index (χ0) is 19.1. The van der Waals surface area contributed by atoms with E-state index in [1.165, 1.54) is 22.3 Å². The van der Waals surface area contributed by atoms with Crippen molar-refractivity contribution in [2.45, 2.75) is 79.3 Å². The van der Waals surface area contributed by atoms with E-state index in [9.17, 15) is 0 Å². The van der Waals surface area contributed by atoms with Gasteiger partial charge in [-0.3, -0.25) is 0 Å². The van der Waals surface area contributed by atoms with Gasteiger partial charge in [-0.15, -0.1) is 0 Å². The second-order valence-electron chi connectivity index (χ2n) is 8.85. The molecule has 0 nitrogen and oxygen atoms in total. The third-order valence-corrected chi connectivity index (χ3v) is 3.55. The normalized spacial score (nSPS) is 11.2. The van der Waals surface area contributed by atoms with Crippen molar-refractivity contribution in [1.82, 2.24) is 0 Å². The quantitative estimate of drug-likeness (QED) is 0.325. The van der Waals surface area contributed by atoms with Gasteiger partial charge in [-0.2, -0.15) is 46.5 Å². The van der Waals surface area contributed by atoms with Gasteiger partial charge in [0.1, 0.15) is 0 Å². The average molecular weight is 420 g/mol. The molecule has 2 aromatic carbocycles. The second-order valence-corrected chi connectivity index (χ2v) is 18.2. The van der Waals surface area contributed by atoms with Crippen LogP contribution in [0.1, 0.15) is 63.8 Å². The molecule has 0 aliphatic carbocycles. The summed E-state index contributed by atoms with van der Waals surface area (Å²) in [5.41, 5.74) is 6.44. The van der Waals surface area contributed by atoms with Crippen LogP contribution in [0.4, 0.5) is 0 Å². The van der Waals surface area contributed by atoms with Gasteiger partial charge in [-0.1, -0.05) is 66.2 Å². The molecule has 132 valence electrons. The van der Waals surface area contributed by atoms with Crippen molar-refractivity contribution in [2.75, 3.05) is 0 Å². The van der Waals surface area contributed by atoms with Gasteiger partial charge >= 0.3 is 41.9 Å². The fraction of sp³-hybridized carbons (Fsp3) is 0.545. The van der Waals surface area contributed by atoms with Crippen molar-refractivity contribution >= 4 is 5.43 Å². The average Bonchev–Trinajstić information content (AvgIpc) is 2.96. The fourth-order valence-electron chi connectivity index (χ4n) is 2.06. The van der Waals surface area contributed by atoms with Crippen LogP contribution in [0.15, 0.2) is 36.4 Å². The van der Waals surface area contributed by atoms with Crippen LogP contribution in [0.2, 0.25) is 13.1 Å². The van der Waals surface area contributed by atoms with Crippen LogP contribution in [0.5, 0.6) is 0 Å². The Morgan fingerprint density at radius 1 is 0.750 bits per heavy atom. The van der Waals surface area contributed by atoms with Crippen LogP contribution in [-0.4, -0.2) is 5.43 Å². The van der Waals surface area contributed by atoms with Gasteiger partial charge < -0.3 is 0 Å². The predicted molar refractivity (Wildman–Crippen MR) is 108 cm³/mol. The molecule has 0 saturated heterocycles. The van der Waals surface area contributed by atoms with E-state index in [4.69, 9.17) is 0 Å². The zero-order valence-corrected chi connectivity index (χ0v) is 20.9. The van der Waals surface area contributed by atoms with Crippen LogP contribution < -0.4 is 0 Å². The van der Waals surface area contributed by atoms with Crippen molar-refractivity contribution in [3.63, 3.8) is 0 Å². The molecule has 0 heterocycles. The van der Waals surface area contributed by atoms with Crippen molar-refractivity contribution in [1.29, 1.82) is 0 Å². The molecule has 0 spiro atoms. The molecule has 0 fully saturated rings. The Balaban J connectivity index is 0.000000363. The summed E-state index contributed by atoms with van der Waals surface area (Å²) < 4.78 is 0. The Morgan fingerprint density at radius 2 is 1.00 bits per heavy atom. The molecular formula is C22H36SiZr. The van der Waals surface area contributed by atoms with E-state index in [0.717, 1.165) is 0 Å². The SMILES string of the molecule is C[Si](C)=[Zr+2].Cc1cc(C(C)(C)C)c[cH-]1.Cc1cc(C(C)(C)C)c[cH-]1. The van der Waals surface area contributed by atoms with Crippen LogP contribution in [-0.2, 0) is 34.2 Å². The minimum absolute atomic E-state index is 0.210. The van der Waals surface area contributed by atoms with Gasteiger partial charge in [0.2, 0.25) is 0 Å².